The Balaban J connectivity index is 0.000000916. The largest absolute Gasteiger partial charge is 0.507 e. The third-order valence-electron chi connectivity index (χ3n) is 21.4. The van der Waals surface area contributed by atoms with Gasteiger partial charge in [0.15, 0.2) is 18.3 Å². The average molecular weight is 1980 g/mol. The fourth-order valence-electron chi connectivity index (χ4n) is 14.0. The Hall–Kier alpha value is -10.3. The van der Waals surface area contributed by atoms with Crippen molar-refractivity contribution in [3.63, 3.8) is 0 Å². The first-order valence-electron chi connectivity index (χ1n) is 40.2. The van der Waals surface area contributed by atoms with Gasteiger partial charge in [0.2, 0.25) is 0 Å². The number of phenolic OH excluding ortho intramolecular Hbond substituents is 3. The number of amides is 1. The number of fused-ring (bicyclic) bond motifs is 14. The van der Waals surface area contributed by atoms with Crippen LogP contribution in [-0.4, -0.2) is 350 Å². The van der Waals surface area contributed by atoms with Gasteiger partial charge in [-0.15, -0.1) is 5.10 Å². The van der Waals surface area contributed by atoms with Crippen LogP contribution in [0.5, 0.6) is 23.0 Å². The summed E-state index contributed by atoms with van der Waals surface area (Å²) in [6.45, 7) is 14.5. The molecule has 3 aromatic rings. The molecule has 5 bridgehead atoms. The molecule has 0 radical (unpaired) electrons. The maximum absolute atomic E-state index is 14.8. The molecule has 766 valence electrons. The number of Topliss-reactive ketones (excluding diaryl/α,β-unsaturated/α-hetero) is 1. The number of ether oxygens (including phenoxy) is 9. The SMILES string of the molecule is CO[C@H]1/C=C/O[C@@]2(C)Oc3c(C)c(O)c4c(O)c(c(/C=N/N5CCN(Cc6cn(CCCCO[C@@H]7[C@@H](O[C@H]8O[C@H](CO)[C@@H](O)[C@H](N)[C@H]8O)[C@H](N)C[C@H](N)[C@H]7O[C@H]7O[C@H](CN)[C@@H](O)C[C@H]7N)nn6)CC5)c(O)c4c3C2=O)NC(=O)/C(C)=C\C=C\[C@H](C)[C@H](O)[C@@H](C)[C@@H](O)[C@@H](C)[C@H](OC(C)=O)[C@@H]1C.O=C(O)C(F)(F)F.O=C(O)C(F)(F)F.O=C(O)C(F)(F)F.O=C(O)C(F)(F)F.O=C(O)C(F)(F)F. The Bertz CT molecular complexity index is 4480. The van der Waals surface area contributed by atoms with Crippen molar-refractivity contribution in [1.29, 1.82) is 0 Å². The summed E-state index contributed by atoms with van der Waals surface area (Å²) in [5.41, 5.74) is 31.8. The third kappa shape index (κ3) is 32.4. The molecule has 58 heteroatoms. The van der Waals surface area contributed by atoms with Crippen molar-refractivity contribution >= 4 is 70.2 Å². The highest BCUT2D eigenvalue weighted by atomic mass is 19.4. The fourth-order valence-corrected chi connectivity index (χ4v) is 14.0. The second-order valence-corrected chi connectivity index (χ2v) is 31.4. The minimum atomic E-state index is -5.08. The number of aromatic nitrogens is 3. The van der Waals surface area contributed by atoms with Crippen LogP contribution in [0.25, 0.3) is 10.8 Å². The van der Waals surface area contributed by atoms with E-state index >= 15 is 0 Å². The second kappa shape index (κ2) is 49.7. The summed E-state index contributed by atoms with van der Waals surface area (Å²) in [5.74, 6) is -22.9. The van der Waals surface area contributed by atoms with Gasteiger partial charge in [-0.3, -0.25) is 29.0 Å². The van der Waals surface area contributed by atoms with Crippen molar-refractivity contribution in [3.8, 4) is 23.0 Å². The van der Waals surface area contributed by atoms with E-state index in [0.717, 1.165) is 0 Å². The molecule has 1 aromatic heterocycles. The standard InChI is InChI=1S/C67H102N12O21.5C2HF3O2/c1-30-13-12-14-31(2)64(91)74-50-38(54(86)46-47(56(50)88)53(85)35(6)59-48(46)63(90)67(8,100-59)94-22-15-43(92-9)32(3)58(95-36(7)81)34(5)52(84)33(4)51(30)83)26-73-78-19-17-77(18-20-78)27-37-28-79(76-75-37)16-10-11-21-93-62-60(98-65-41(71)24-42(82)44(25-68)96-65)39(69)23-40(70)61(62)99-66-57(89)49(72)55(87)45(29-80)97-66;5*3-2(4,5)1(6)7/h12-15,22,26,28,30,32-34,39-45,49,51-52,55,57-58,60-62,65-66,80,82-89H,10-11,16-21,23-25,27,29,68-72H2,1-9H3,(H,74,91);5*(H,6,7)/b13-12+,22-15+,31-14-,73-26+;;;;;/t30-,32+,33+,34+,39-,40+,41+,42-,43-,44+,45+,49-,51-,52+,55+,57+,58+,60+,61-,62-,65+,66+,67-;;;;;/m0...../s1. The minimum absolute atomic E-state index is 0.000233. The first kappa shape index (κ1) is 117. The number of hydrogen-bond acceptors (Lipinski definition) is 36. The van der Waals surface area contributed by atoms with Crippen LogP contribution in [0, 0.1) is 30.6 Å². The van der Waals surface area contributed by atoms with E-state index < -0.39 is 242 Å². The Morgan fingerprint density at radius 2 is 1.16 bits per heavy atom. The minimum Gasteiger partial charge on any atom is -0.507 e. The van der Waals surface area contributed by atoms with Crippen LogP contribution in [-0.2, 0) is 84.5 Å². The molecule has 1 amide bonds. The Kier molecular flexibility index (Phi) is 43.0. The zero-order chi connectivity index (χ0) is 103. The number of carboxylic acid groups (broad SMARTS) is 5. The molecule has 135 heavy (non-hydrogen) atoms. The molecule has 1 saturated carbocycles. The molecule has 4 fully saturated rings. The van der Waals surface area contributed by atoms with Gasteiger partial charge in [-0.25, -0.2) is 24.0 Å². The molecule has 7 heterocycles. The number of carbonyl (C=O) groups excluding carboxylic acids is 3. The average Bonchev–Trinajstić information content (AvgIpc) is 1.59. The normalized spacial score (nSPS) is 30.4. The topological polar surface area (TPSA) is 695 Å². The highest BCUT2D eigenvalue weighted by Crippen LogP contribution is 2.55. The lowest BCUT2D eigenvalue weighted by atomic mass is 9.78. The van der Waals surface area contributed by atoms with Crippen LogP contribution < -0.4 is 38.7 Å². The van der Waals surface area contributed by atoms with Gasteiger partial charge in [-0.1, -0.05) is 51.1 Å². The van der Waals surface area contributed by atoms with E-state index in [-0.39, 0.29) is 70.5 Å². The number of aryl methyl sites for hydroxylation is 1. The maximum Gasteiger partial charge on any atom is 0.490 e. The van der Waals surface area contributed by atoms with Crippen LogP contribution >= 0.6 is 0 Å². The zero-order valence-electron chi connectivity index (χ0n) is 72.9. The van der Waals surface area contributed by atoms with Crippen LogP contribution in [0.1, 0.15) is 101 Å². The smallest absolute Gasteiger partial charge is 0.490 e. The lowest BCUT2D eigenvalue weighted by Crippen LogP contribution is -2.68. The molecule has 0 spiro atoms. The van der Waals surface area contributed by atoms with Gasteiger partial charge in [0.1, 0.15) is 60.0 Å². The molecule has 1 aliphatic carbocycles. The summed E-state index contributed by atoms with van der Waals surface area (Å²) in [4.78, 5) is 88.1. The number of methoxy groups -OCH3 is 1. The number of alkyl halides is 15. The summed E-state index contributed by atoms with van der Waals surface area (Å²) in [6, 6.07) is -3.48. The highest BCUT2D eigenvalue weighted by molar-refractivity contribution is 6.24. The predicted octanol–water partition coefficient (Wildman–Crippen LogP) is 2.19. The molecule has 7 aliphatic rings. The number of phenols is 3. The molecule has 2 aromatic carbocycles. The quantitative estimate of drug-likeness (QED) is 0.0217. The van der Waals surface area contributed by atoms with Crippen LogP contribution in [0.15, 0.2) is 47.4 Å². The number of hydrogen-bond donors (Lipinski definition) is 20. The van der Waals surface area contributed by atoms with E-state index in [2.05, 4.69) is 20.5 Å². The van der Waals surface area contributed by atoms with Gasteiger partial charge >= 0.3 is 72.5 Å². The number of nitrogens with two attached hydrogens (primary N) is 5. The number of allylic oxidation sites excluding steroid dienone is 2. The number of rotatable bonds is 18. The van der Waals surface area contributed by atoms with E-state index in [9.17, 15) is 126 Å². The monoisotopic (exact) mass is 1980 g/mol. The molecular formula is C77H107F15N12O31. The number of ketones is 1. The van der Waals surface area contributed by atoms with Gasteiger partial charge in [-0.2, -0.15) is 71.0 Å². The Morgan fingerprint density at radius 1 is 0.644 bits per heavy atom. The van der Waals surface area contributed by atoms with Gasteiger partial charge in [0.05, 0.1) is 89.6 Å². The number of aliphatic hydroxyl groups excluding tert-OH is 6. The lowest BCUT2D eigenvalue weighted by molar-refractivity contribution is -0.318. The van der Waals surface area contributed by atoms with Crippen molar-refractivity contribution in [1.82, 2.24) is 24.9 Å². The van der Waals surface area contributed by atoms with Crippen LogP contribution in [0.4, 0.5) is 71.5 Å². The third-order valence-corrected chi connectivity index (χ3v) is 21.4. The maximum atomic E-state index is 14.8. The van der Waals surface area contributed by atoms with Crippen molar-refractivity contribution in [2.45, 2.75) is 241 Å². The number of halogens is 15. The van der Waals surface area contributed by atoms with Crippen LogP contribution in [0.2, 0.25) is 0 Å². The van der Waals surface area contributed by atoms with E-state index in [4.69, 9.17) is 126 Å². The first-order valence-corrected chi connectivity index (χ1v) is 40.2. The molecule has 43 nitrogen and oxygen atoms in total. The number of benzene rings is 2. The van der Waals surface area contributed by atoms with Gasteiger partial charge in [0, 0.05) is 132 Å². The van der Waals surface area contributed by atoms with E-state index in [0.29, 0.717) is 57.8 Å². The molecule has 3 saturated heterocycles. The molecular weight excluding hydrogens is 1870 g/mol. The van der Waals surface area contributed by atoms with Crippen molar-refractivity contribution in [2.24, 2.45) is 57.4 Å². The number of carboxylic acids is 5. The van der Waals surface area contributed by atoms with E-state index in [1.54, 1.807) is 49.5 Å². The summed E-state index contributed by atoms with van der Waals surface area (Å²) >= 11 is 0. The van der Waals surface area contributed by atoms with Gasteiger partial charge < -0.3 is 148 Å². The van der Waals surface area contributed by atoms with Gasteiger partial charge in [-0.05, 0) is 45.6 Å². The summed E-state index contributed by atoms with van der Waals surface area (Å²) in [6.07, 6.45) is -28.9. The second-order valence-electron chi connectivity index (χ2n) is 31.4. The van der Waals surface area contributed by atoms with Crippen molar-refractivity contribution < 1.29 is 218 Å². The van der Waals surface area contributed by atoms with E-state index in [1.807, 2.05) is 6.20 Å². The Morgan fingerprint density at radius 3 is 1.64 bits per heavy atom. The van der Waals surface area contributed by atoms with E-state index in [1.165, 1.54) is 59.4 Å². The van der Waals surface area contributed by atoms with Crippen molar-refractivity contribution in [3.05, 3.63) is 64.7 Å². The number of piperazine rings is 1. The Labute approximate surface area is 755 Å². The zero-order valence-corrected chi connectivity index (χ0v) is 72.9. The number of hydrazone groups is 1. The number of esters is 1. The number of aliphatic carboxylic acids is 5. The summed E-state index contributed by atoms with van der Waals surface area (Å²) < 4.78 is 215. The molecule has 6 aliphatic heterocycles. The number of carbonyl (C=O) groups is 8. The van der Waals surface area contributed by atoms with Crippen molar-refractivity contribution in [2.75, 3.05) is 58.4 Å². The molecule has 23 atom stereocenters. The fraction of sp³-hybridized carbons (Fsp3) is 0.649. The summed E-state index contributed by atoms with van der Waals surface area (Å²) in [7, 11) is 1.42. The number of unbranched alkanes of at least 4 members (excludes halogenated alkanes) is 1. The molecule has 10 rings (SSSR count). The molecule has 25 N–H and O–H groups in total. The van der Waals surface area contributed by atoms with Gasteiger partial charge in [0.25, 0.3) is 11.7 Å². The number of aliphatic hydroxyl groups is 6. The number of nitrogens with one attached hydrogen (secondary N) is 1. The highest BCUT2D eigenvalue weighted by Gasteiger charge is 2.54. The lowest BCUT2D eigenvalue weighted by Gasteiger charge is -2.49. The number of aromatic hydroxyl groups is 3. The number of nitrogens with zero attached hydrogens (tertiary/aromatic N) is 6. The predicted molar refractivity (Wildman–Crippen MR) is 428 cm³/mol. The number of anilines is 1. The van der Waals surface area contributed by atoms with Crippen LogP contribution in [0.3, 0.4) is 0 Å². The molecule has 0 unspecified atom stereocenters. The first-order chi connectivity index (χ1) is 62.1. The summed E-state index contributed by atoms with van der Waals surface area (Å²) in [5, 5.41) is 155.